The summed E-state index contributed by atoms with van der Waals surface area (Å²) in [6.45, 7) is 11.0. The first-order valence-electron chi connectivity index (χ1n) is 9.01. The van der Waals surface area contributed by atoms with Gasteiger partial charge in [-0.3, -0.25) is 0 Å². The third-order valence-corrected chi connectivity index (χ3v) is 5.03. The summed E-state index contributed by atoms with van der Waals surface area (Å²) in [6, 6.07) is 0. The van der Waals surface area contributed by atoms with Gasteiger partial charge in [0.15, 0.2) is 0 Å². The Morgan fingerprint density at radius 1 is 1.26 bits per heavy atom. The zero-order valence-electron chi connectivity index (χ0n) is 15.9. The molecule has 0 amide bonds. The number of methoxy groups -OCH3 is 1. The van der Waals surface area contributed by atoms with Gasteiger partial charge in [-0.15, -0.1) is 0 Å². The summed E-state index contributed by atoms with van der Waals surface area (Å²) in [5, 5.41) is 10.2. The Morgan fingerprint density at radius 2 is 1.96 bits per heavy atom. The van der Waals surface area contributed by atoms with Crippen LogP contribution in [-0.4, -0.2) is 23.9 Å². The smallest absolute Gasteiger partial charge is 0.0833 e. The summed E-state index contributed by atoms with van der Waals surface area (Å²) in [6.07, 6.45) is 13.3. The maximum atomic E-state index is 10.2. The minimum absolute atomic E-state index is 0.211. The second kappa shape index (κ2) is 9.44. The van der Waals surface area contributed by atoms with Crippen LogP contribution in [0.1, 0.15) is 66.7 Å². The number of aliphatic hydroxyl groups is 1. The lowest BCUT2D eigenvalue weighted by molar-refractivity contribution is 0.0415. The Labute approximate surface area is 143 Å². The Bertz CT molecular complexity index is 445. The first kappa shape index (κ1) is 20.2. The van der Waals surface area contributed by atoms with Crippen LogP contribution in [0.2, 0.25) is 0 Å². The van der Waals surface area contributed by atoms with E-state index in [1.165, 1.54) is 11.1 Å². The minimum atomic E-state index is -0.365. The van der Waals surface area contributed by atoms with E-state index in [2.05, 4.69) is 52.8 Å². The normalized spacial score (nSPS) is 37.4. The van der Waals surface area contributed by atoms with Crippen molar-refractivity contribution >= 4 is 0 Å². The van der Waals surface area contributed by atoms with Crippen molar-refractivity contribution in [1.29, 1.82) is 0 Å². The lowest BCUT2D eigenvalue weighted by atomic mass is 9.86. The molecule has 0 heterocycles. The van der Waals surface area contributed by atoms with Crippen LogP contribution in [0.25, 0.3) is 0 Å². The predicted octanol–water partition coefficient (Wildman–Crippen LogP) is 5.44. The maximum Gasteiger partial charge on any atom is 0.0833 e. The highest BCUT2D eigenvalue weighted by Gasteiger charge is 2.20. The zero-order chi connectivity index (χ0) is 17.5. The number of ether oxygens (including phenoxy) is 1. The van der Waals surface area contributed by atoms with Gasteiger partial charge in [0, 0.05) is 7.11 Å². The molecule has 0 bridgehead atoms. The van der Waals surface area contributed by atoms with Crippen molar-refractivity contribution < 1.29 is 9.84 Å². The molecule has 0 aliphatic heterocycles. The van der Waals surface area contributed by atoms with Crippen LogP contribution < -0.4 is 0 Å². The van der Waals surface area contributed by atoms with E-state index >= 15 is 0 Å². The van der Waals surface area contributed by atoms with Gasteiger partial charge in [0.2, 0.25) is 0 Å². The Balaban J connectivity index is 3.01. The Kier molecular flexibility index (Phi) is 8.28. The number of hydrogen-bond acceptors (Lipinski definition) is 2. The van der Waals surface area contributed by atoms with E-state index in [0.29, 0.717) is 11.8 Å². The summed E-state index contributed by atoms with van der Waals surface area (Å²) in [5.41, 5.74) is 2.33. The number of aliphatic hydroxyl groups excluding tert-OH is 1. The predicted molar refractivity (Wildman–Crippen MR) is 99.5 cm³/mol. The van der Waals surface area contributed by atoms with Gasteiger partial charge in [0.05, 0.1) is 11.7 Å². The van der Waals surface area contributed by atoms with E-state index in [0.717, 1.165) is 32.1 Å². The lowest BCUT2D eigenvalue weighted by Crippen LogP contribution is -2.24. The van der Waals surface area contributed by atoms with Gasteiger partial charge in [-0.1, -0.05) is 49.3 Å². The van der Waals surface area contributed by atoms with E-state index in [1.54, 1.807) is 7.11 Å². The molecule has 1 aliphatic carbocycles. The van der Waals surface area contributed by atoms with E-state index < -0.39 is 0 Å². The third kappa shape index (κ3) is 7.50. The Hall–Kier alpha value is -0.860. The highest BCUT2D eigenvalue weighted by molar-refractivity contribution is 5.11. The SMILES string of the molecule is CO[C@@]1(C)/C=C\[C@H](C(C)C)CC/C(C)=C/[C@H](O)C/C(C)=C/CC1. The van der Waals surface area contributed by atoms with Gasteiger partial charge in [-0.05, 0) is 64.7 Å². The molecule has 0 aromatic heterocycles. The topological polar surface area (TPSA) is 29.5 Å². The lowest BCUT2D eigenvalue weighted by Gasteiger charge is -2.26. The van der Waals surface area contributed by atoms with Gasteiger partial charge < -0.3 is 9.84 Å². The number of allylic oxidation sites excluding steroid dienone is 3. The number of rotatable bonds is 2. The molecule has 0 aromatic carbocycles. The molecule has 0 spiro atoms. The highest BCUT2D eigenvalue weighted by atomic mass is 16.5. The average Bonchev–Trinajstić information content (AvgIpc) is 2.45. The maximum absolute atomic E-state index is 10.2. The molecule has 2 heteroatoms. The van der Waals surface area contributed by atoms with Gasteiger partial charge in [-0.2, -0.15) is 0 Å². The molecule has 1 rings (SSSR count). The fraction of sp³-hybridized carbons (Fsp3) is 0.714. The first-order chi connectivity index (χ1) is 10.8. The summed E-state index contributed by atoms with van der Waals surface area (Å²) in [5.74, 6) is 1.16. The number of hydrogen-bond donors (Lipinski definition) is 1. The molecule has 0 radical (unpaired) electrons. The molecule has 0 saturated carbocycles. The fourth-order valence-electron chi connectivity index (χ4n) is 3.12. The summed E-state index contributed by atoms with van der Waals surface area (Å²) >= 11 is 0. The van der Waals surface area contributed by atoms with Crippen molar-refractivity contribution in [3.8, 4) is 0 Å². The summed E-state index contributed by atoms with van der Waals surface area (Å²) in [4.78, 5) is 0. The molecular formula is C21H36O2. The van der Waals surface area contributed by atoms with Crippen LogP contribution in [0.3, 0.4) is 0 Å². The van der Waals surface area contributed by atoms with Crippen molar-refractivity contribution in [2.24, 2.45) is 11.8 Å². The molecule has 1 aliphatic rings. The monoisotopic (exact) mass is 320 g/mol. The largest absolute Gasteiger partial charge is 0.389 e. The minimum Gasteiger partial charge on any atom is -0.389 e. The first-order valence-corrected chi connectivity index (χ1v) is 9.01. The molecule has 0 unspecified atom stereocenters. The molecule has 1 N–H and O–H groups in total. The molecule has 0 aromatic rings. The summed E-state index contributed by atoms with van der Waals surface area (Å²) < 4.78 is 5.77. The third-order valence-electron chi connectivity index (χ3n) is 5.03. The van der Waals surface area contributed by atoms with E-state index in [9.17, 15) is 5.11 Å². The van der Waals surface area contributed by atoms with Crippen molar-refractivity contribution in [3.05, 3.63) is 35.5 Å². The fourth-order valence-corrected chi connectivity index (χ4v) is 3.12. The molecule has 0 saturated heterocycles. The molecule has 0 fully saturated rings. The van der Waals surface area contributed by atoms with Crippen LogP contribution in [0.5, 0.6) is 0 Å². The van der Waals surface area contributed by atoms with Gasteiger partial charge >= 0.3 is 0 Å². The molecule has 3 atom stereocenters. The zero-order valence-corrected chi connectivity index (χ0v) is 15.9. The summed E-state index contributed by atoms with van der Waals surface area (Å²) in [7, 11) is 1.80. The van der Waals surface area contributed by atoms with Gasteiger partial charge in [0.25, 0.3) is 0 Å². The molecule has 23 heavy (non-hydrogen) atoms. The van der Waals surface area contributed by atoms with Crippen LogP contribution in [0.15, 0.2) is 35.5 Å². The van der Waals surface area contributed by atoms with Gasteiger partial charge in [-0.25, -0.2) is 0 Å². The van der Waals surface area contributed by atoms with Crippen LogP contribution in [0, 0.1) is 11.8 Å². The van der Waals surface area contributed by atoms with Crippen LogP contribution in [-0.2, 0) is 4.74 Å². The average molecular weight is 321 g/mol. The van der Waals surface area contributed by atoms with E-state index in [1.807, 2.05) is 6.08 Å². The van der Waals surface area contributed by atoms with Crippen molar-refractivity contribution in [3.63, 3.8) is 0 Å². The van der Waals surface area contributed by atoms with Gasteiger partial charge in [0.1, 0.15) is 0 Å². The van der Waals surface area contributed by atoms with Crippen molar-refractivity contribution in [2.75, 3.05) is 7.11 Å². The quantitative estimate of drug-likeness (QED) is 0.687. The van der Waals surface area contributed by atoms with E-state index in [4.69, 9.17) is 4.74 Å². The molecule has 132 valence electrons. The molecular weight excluding hydrogens is 284 g/mol. The molecule has 2 nitrogen and oxygen atoms in total. The van der Waals surface area contributed by atoms with Crippen molar-refractivity contribution in [2.45, 2.75) is 78.4 Å². The highest BCUT2D eigenvalue weighted by Crippen LogP contribution is 2.26. The second-order valence-corrected chi connectivity index (χ2v) is 7.70. The Morgan fingerprint density at radius 3 is 2.57 bits per heavy atom. The van der Waals surface area contributed by atoms with E-state index in [-0.39, 0.29) is 11.7 Å². The van der Waals surface area contributed by atoms with Crippen LogP contribution in [0.4, 0.5) is 0 Å². The van der Waals surface area contributed by atoms with Crippen LogP contribution >= 0.6 is 0 Å². The van der Waals surface area contributed by atoms with Crippen molar-refractivity contribution in [1.82, 2.24) is 0 Å². The standard InChI is InChI=1S/C21H36O2/c1-16(2)19-10-9-18(4)15-20(22)14-17(3)8-7-12-21(5,23-6)13-11-19/h8,11,13,15-16,19-20,22H,7,9-10,12,14H2,1-6H3/b13-11-,17-8+,18-15+/t19-,20-,21-/m1/s1. The second-order valence-electron chi connectivity index (χ2n) is 7.70.